The van der Waals surface area contributed by atoms with Gasteiger partial charge in [-0.25, -0.2) is 0 Å². The van der Waals surface area contributed by atoms with Crippen molar-refractivity contribution in [2.24, 2.45) is 0 Å². The van der Waals surface area contributed by atoms with Crippen LogP contribution < -0.4 is 14.8 Å². The van der Waals surface area contributed by atoms with E-state index in [1.807, 2.05) is 53.4 Å². The normalized spacial score (nSPS) is 15.3. The number of para-hydroxylation sites is 2. The van der Waals surface area contributed by atoms with Crippen LogP contribution in [0.25, 0.3) is 0 Å². The largest absolute Gasteiger partial charge is 0.496 e. The fraction of sp³-hybridized carbons (Fsp3) is 0.208. The lowest BCUT2D eigenvalue weighted by Gasteiger charge is -2.36. The molecule has 0 radical (unpaired) electrons. The minimum Gasteiger partial charge on any atom is -0.496 e. The lowest BCUT2D eigenvalue weighted by atomic mass is 10.1. The van der Waals surface area contributed by atoms with Crippen LogP contribution in [0.5, 0.6) is 11.5 Å². The number of benzene rings is 3. The Morgan fingerprint density at radius 1 is 1.16 bits per heavy atom. The number of carbonyl (C=O) groups excluding carboxylic acids is 1. The highest BCUT2D eigenvalue weighted by molar-refractivity contribution is 5.78. The van der Waals surface area contributed by atoms with Gasteiger partial charge in [-0.15, -0.1) is 0 Å². The highest BCUT2D eigenvalue weighted by Crippen LogP contribution is 2.35. The summed E-state index contributed by atoms with van der Waals surface area (Å²) in [6.07, 6.45) is -0.623. The van der Waals surface area contributed by atoms with E-state index in [0.717, 1.165) is 11.1 Å². The molecule has 8 nitrogen and oxygen atoms in total. The number of amides is 1. The number of nitro benzene ring substituents is 1. The fourth-order valence-electron chi connectivity index (χ4n) is 3.74. The van der Waals surface area contributed by atoms with Crippen LogP contribution in [0.1, 0.15) is 22.9 Å². The SMILES string of the molecule is COc1ccccc1CNC(=O)CN1Cc2ccccc2OC1c1cccc([N+](=O)[O-])c1. The van der Waals surface area contributed by atoms with Gasteiger partial charge in [-0.05, 0) is 12.1 Å². The molecular weight excluding hydrogens is 410 g/mol. The maximum atomic E-state index is 12.8. The van der Waals surface area contributed by atoms with Crippen molar-refractivity contribution in [3.63, 3.8) is 0 Å². The van der Waals surface area contributed by atoms with Crippen molar-refractivity contribution >= 4 is 11.6 Å². The third-order valence-corrected chi connectivity index (χ3v) is 5.30. The monoisotopic (exact) mass is 433 g/mol. The van der Waals surface area contributed by atoms with Gasteiger partial charge in [0, 0.05) is 41.9 Å². The molecule has 0 saturated carbocycles. The van der Waals surface area contributed by atoms with Gasteiger partial charge < -0.3 is 14.8 Å². The second-order valence-corrected chi connectivity index (χ2v) is 7.42. The molecule has 1 heterocycles. The molecule has 8 heteroatoms. The van der Waals surface area contributed by atoms with Gasteiger partial charge in [-0.1, -0.05) is 48.5 Å². The first-order chi connectivity index (χ1) is 15.5. The van der Waals surface area contributed by atoms with Gasteiger partial charge in [-0.3, -0.25) is 19.8 Å². The van der Waals surface area contributed by atoms with Crippen molar-refractivity contribution in [2.45, 2.75) is 19.3 Å². The van der Waals surface area contributed by atoms with Crippen LogP contribution >= 0.6 is 0 Å². The molecule has 1 N–H and O–H groups in total. The van der Waals surface area contributed by atoms with E-state index >= 15 is 0 Å². The number of nitro groups is 1. The fourth-order valence-corrected chi connectivity index (χ4v) is 3.74. The Balaban J connectivity index is 1.53. The number of ether oxygens (including phenoxy) is 2. The molecule has 32 heavy (non-hydrogen) atoms. The first-order valence-electron chi connectivity index (χ1n) is 10.2. The minimum absolute atomic E-state index is 0.0227. The first kappa shape index (κ1) is 21.3. The Morgan fingerprint density at radius 2 is 1.94 bits per heavy atom. The maximum absolute atomic E-state index is 12.8. The Labute approximate surface area is 185 Å². The van der Waals surface area contributed by atoms with E-state index in [2.05, 4.69) is 5.32 Å². The molecule has 1 atom stereocenters. The minimum atomic E-state index is -0.623. The van der Waals surface area contributed by atoms with Gasteiger partial charge in [0.15, 0.2) is 6.23 Å². The molecule has 0 spiro atoms. The summed E-state index contributed by atoms with van der Waals surface area (Å²) >= 11 is 0. The topological polar surface area (TPSA) is 93.9 Å². The third-order valence-electron chi connectivity index (χ3n) is 5.30. The number of nitrogens with zero attached hydrogens (tertiary/aromatic N) is 2. The van der Waals surface area contributed by atoms with Crippen LogP contribution in [0.15, 0.2) is 72.8 Å². The molecular formula is C24H23N3O5. The average Bonchev–Trinajstić information content (AvgIpc) is 2.82. The van der Waals surface area contributed by atoms with Gasteiger partial charge in [0.1, 0.15) is 11.5 Å². The Hall–Kier alpha value is -3.91. The van der Waals surface area contributed by atoms with Crippen molar-refractivity contribution in [3.8, 4) is 11.5 Å². The van der Waals surface area contributed by atoms with E-state index in [-0.39, 0.29) is 18.1 Å². The predicted octanol–water partition coefficient (Wildman–Crippen LogP) is 3.81. The molecule has 0 saturated heterocycles. The number of hydrogen-bond acceptors (Lipinski definition) is 6. The Bertz CT molecular complexity index is 1130. The van der Waals surface area contributed by atoms with E-state index in [0.29, 0.717) is 30.2 Å². The summed E-state index contributed by atoms with van der Waals surface area (Å²) < 4.78 is 11.5. The average molecular weight is 433 g/mol. The Kier molecular flexibility index (Phi) is 6.32. The lowest BCUT2D eigenvalue weighted by molar-refractivity contribution is -0.385. The van der Waals surface area contributed by atoms with E-state index in [1.165, 1.54) is 12.1 Å². The molecule has 4 rings (SSSR count). The molecule has 1 amide bonds. The second kappa shape index (κ2) is 9.49. The molecule has 164 valence electrons. The quantitative estimate of drug-likeness (QED) is 0.450. The number of carbonyl (C=O) groups is 1. The molecule has 0 aliphatic carbocycles. The van der Waals surface area contributed by atoms with Crippen LogP contribution in [0.4, 0.5) is 5.69 Å². The van der Waals surface area contributed by atoms with Crippen LogP contribution in [0.2, 0.25) is 0 Å². The lowest BCUT2D eigenvalue weighted by Crippen LogP contribution is -2.42. The summed E-state index contributed by atoms with van der Waals surface area (Å²) in [5.74, 6) is 1.22. The van der Waals surface area contributed by atoms with E-state index < -0.39 is 11.2 Å². The van der Waals surface area contributed by atoms with Crippen molar-refractivity contribution < 1.29 is 19.2 Å². The standard InChI is InChI=1S/C24H23N3O5/c1-31-21-11-4-2-7-18(21)14-25-23(28)16-26-15-19-8-3-5-12-22(19)32-24(26)17-9-6-10-20(13-17)27(29)30/h2-13,24H,14-16H2,1H3,(H,25,28). The van der Waals surface area contributed by atoms with Crippen LogP contribution in [-0.4, -0.2) is 29.4 Å². The molecule has 1 aliphatic rings. The van der Waals surface area contributed by atoms with E-state index in [4.69, 9.17) is 9.47 Å². The van der Waals surface area contributed by atoms with Crippen LogP contribution in [0, 0.1) is 10.1 Å². The van der Waals surface area contributed by atoms with Gasteiger partial charge in [-0.2, -0.15) is 0 Å². The zero-order valence-electron chi connectivity index (χ0n) is 17.6. The van der Waals surface area contributed by atoms with Gasteiger partial charge in [0.05, 0.1) is 18.6 Å². The number of rotatable bonds is 7. The second-order valence-electron chi connectivity index (χ2n) is 7.42. The number of nitrogens with one attached hydrogen (secondary N) is 1. The van der Waals surface area contributed by atoms with Crippen LogP contribution in [-0.2, 0) is 17.9 Å². The molecule has 0 bridgehead atoms. The summed E-state index contributed by atoms with van der Waals surface area (Å²) in [6.45, 7) is 0.873. The highest BCUT2D eigenvalue weighted by Gasteiger charge is 2.31. The summed E-state index contributed by atoms with van der Waals surface area (Å²) in [5, 5.41) is 14.2. The summed E-state index contributed by atoms with van der Waals surface area (Å²) in [7, 11) is 1.59. The van der Waals surface area contributed by atoms with E-state index in [9.17, 15) is 14.9 Å². The summed E-state index contributed by atoms with van der Waals surface area (Å²) in [4.78, 5) is 25.5. The maximum Gasteiger partial charge on any atom is 0.269 e. The molecule has 0 aromatic heterocycles. The highest BCUT2D eigenvalue weighted by atomic mass is 16.6. The molecule has 1 aliphatic heterocycles. The van der Waals surface area contributed by atoms with Gasteiger partial charge in [0.25, 0.3) is 5.69 Å². The van der Waals surface area contributed by atoms with Gasteiger partial charge in [0.2, 0.25) is 5.91 Å². The molecule has 3 aromatic rings. The zero-order valence-corrected chi connectivity index (χ0v) is 17.6. The number of methoxy groups -OCH3 is 1. The van der Waals surface area contributed by atoms with Crippen molar-refractivity contribution in [1.29, 1.82) is 0 Å². The number of fused-ring (bicyclic) bond motifs is 1. The van der Waals surface area contributed by atoms with E-state index in [1.54, 1.807) is 19.2 Å². The number of hydrogen-bond donors (Lipinski definition) is 1. The summed E-state index contributed by atoms with van der Waals surface area (Å²) in [5.41, 5.74) is 2.42. The first-order valence-corrected chi connectivity index (χ1v) is 10.2. The smallest absolute Gasteiger partial charge is 0.269 e. The third kappa shape index (κ3) is 4.70. The van der Waals surface area contributed by atoms with Crippen LogP contribution in [0.3, 0.4) is 0 Å². The van der Waals surface area contributed by atoms with Crippen molar-refractivity contribution in [3.05, 3.63) is 99.6 Å². The van der Waals surface area contributed by atoms with Gasteiger partial charge >= 0.3 is 0 Å². The molecule has 3 aromatic carbocycles. The summed E-state index contributed by atoms with van der Waals surface area (Å²) in [6, 6.07) is 21.4. The predicted molar refractivity (Wildman–Crippen MR) is 118 cm³/mol. The molecule has 1 unspecified atom stereocenters. The Morgan fingerprint density at radius 3 is 2.75 bits per heavy atom. The van der Waals surface area contributed by atoms with Crippen molar-refractivity contribution in [2.75, 3.05) is 13.7 Å². The zero-order chi connectivity index (χ0) is 22.5. The number of non-ortho nitro benzene ring substituents is 1. The molecule has 0 fully saturated rings. The van der Waals surface area contributed by atoms with Crippen molar-refractivity contribution in [1.82, 2.24) is 10.2 Å².